The molecule has 0 aliphatic heterocycles. The van der Waals surface area contributed by atoms with E-state index in [1.165, 1.54) is 12.1 Å². The minimum Gasteiger partial charge on any atom is -0.507 e. The molecule has 0 aliphatic rings. The fraction of sp³-hybridized carbons (Fsp3) is 0. The summed E-state index contributed by atoms with van der Waals surface area (Å²) in [6.07, 6.45) is 0. The average Bonchev–Trinajstić information content (AvgIpc) is 1.88. The third kappa shape index (κ3) is 2.75. The average molecular weight is 282 g/mol. The van der Waals surface area contributed by atoms with E-state index < -0.39 is 5.97 Å². The van der Waals surface area contributed by atoms with Crippen molar-refractivity contribution >= 4 is 5.97 Å². The van der Waals surface area contributed by atoms with Gasteiger partial charge in [-0.15, -0.1) is 0 Å². The quantitative estimate of drug-likeness (QED) is 0.810. The van der Waals surface area contributed by atoms with Gasteiger partial charge in [-0.3, -0.25) is 0 Å². The second-order valence-corrected chi connectivity index (χ2v) is 1.82. The zero-order chi connectivity index (χ0) is 7.56. The van der Waals surface area contributed by atoms with E-state index in [1.807, 2.05) is 0 Å². The number of carboxylic acid groups (broad SMARTS) is 1. The molecule has 0 bridgehead atoms. The van der Waals surface area contributed by atoms with Gasteiger partial charge in [-0.2, -0.15) is 0 Å². The van der Waals surface area contributed by atoms with Crippen LogP contribution in [0.1, 0.15) is 10.4 Å². The number of carbonyl (C=O) groups is 1. The van der Waals surface area contributed by atoms with E-state index in [0.29, 0.717) is 0 Å². The van der Waals surface area contributed by atoms with Crippen LogP contribution in [0.2, 0.25) is 0 Å². The number of hydrogen-bond donors (Lipinski definition) is 2. The fourth-order valence-electron chi connectivity index (χ4n) is 0.654. The number of aromatic hydroxyl groups is 1. The van der Waals surface area contributed by atoms with Crippen molar-refractivity contribution in [2.45, 2.75) is 0 Å². The first-order chi connectivity index (χ1) is 4.72. The zero-order valence-electron chi connectivity index (χ0n) is 5.61. The van der Waals surface area contributed by atoms with Gasteiger partial charge in [0.15, 0.2) is 0 Å². The van der Waals surface area contributed by atoms with Crippen LogP contribution in [0.3, 0.4) is 0 Å². The molecule has 0 aliphatic carbocycles. The van der Waals surface area contributed by atoms with Crippen molar-refractivity contribution in [3.05, 3.63) is 29.8 Å². The van der Waals surface area contributed by atoms with Crippen LogP contribution >= 0.6 is 0 Å². The Bertz CT molecular complexity index is 260. The summed E-state index contributed by atoms with van der Waals surface area (Å²) in [6, 6.07) is 5.81. The Hall–Kier alpha value is -0.159. The molecular weight excluding hydrogens is 276 g/mol. The molecule has 0 fully saturated rings. The van der Waals surface area contributed by atoms with Crippen LogP contribution in [0.15, 0.2) is 24.3 Å². The molecule has 0 heterocycles. The van der Waals surface area contributed by atoms with Crippen LogP contribution in [0.25, 0.3) is 0 Å². The fourth-order valence-corrected chi connectivity index (χ4v) is 0.654. The summed E-state index contributed by atoms with van der Waals surface area (Å²) in [5.74, 6) is -1.31. The Morgan fingerprint density at radius 1 is 1.27 bits per heavy atom. The molecule has 0 aromatic heterocycles. The van der Waals surface area contributed by atoms with Crippen molar-refractivity contribution in [3.8, 4) is 5.75 Å². The maximum Gasteiger partial charge on any atom is 0.339 e. The first-order valence-corrected chi connectivity index (χ1v) is 2.73. The number of benzene rings is 1. The van der Waals surface area contributed by atoms with Crippen LogP contribution in [0.4, 0.5) is 0 Å². The molecule has 56 valence electrons. The molecular formula is C7H6NdO3. The zero-order valence-corrected chi connectivity index (χ0v) is 8.82. The second kappa shape index (κ2) is 4.66. The third-order valence-electron chi connectivity index (χ3n) is 1.13. The topological polar surface area (TPSA) is 57.5 Å². The van der Waals surface area contributed by atoms with Gasteiger partial charge in [0.2, 0.25) is 0 Å². The van der Waals surface area contributed by atoms with Crippen molar-refractivity contribution in [2.24, 2.45) is 0 Å². The summed E-state index contributed by atoms with van der Waals surface area (Å²) in [6.45, 7) is 0. The van der Waals surface area contributed by atoms with E-state index in [2.05, 4.69) is 0 Å². The molecule has 3 nitrogen and oxygen atoms in total. The Morgan fingerprint density at radius 2 is 1.82 bits per heavy atom. The van der Waals surface area contributed by atoms with Gasteiger partial charge in [0.25, 0.3) is 0 Å². The van der Waals surface area contributed by atoms with Crippen LogP contribution < -0.4 is 0 Å². The molecule has 2 N–H and O–H groups in total. The van der Waals surface area contributed by atoms with Crippen LogP contribution in [0, 0.1) is 40.8 Å². The Morgan fingerprint density at radius 3 is 2.18 bits per heavy atom. The summed E-state index contributed by atoms with van der Waals surface area (Å²) in [7, 11) is 0. The second-order valence-electron chi connectivity index (χ2n) is 1.82. The van der Waals surface area contributed by atoms with Gasteiger partial charge in [0.1, 0.15) is 11.3 Å². The summed E-state index contributed by atoms with van der Waals surface area (Å²) in [5.41, 5.74) is -0.0671. The summed E-state index contributed by atoms with van der Waals surface area (Å²) in [5, 5.41) is 17.3. The normalized spacial score (nSPS) is 8.36. The van der Waals surface area contributed by atoms with Gasteiger partial charge < -0.3 is 10.2 Å². The minimum absolute atomic E-state index is 0. The van der Waals surface area contributed by atoms with Crippen LogP contribution in [0.5, 0.6) is 5.75 Å². The molecule has 0 saturated carbocycles. The molecule has 0 radical (unpaired) electrons. The molecule has 0 spiro atoms. The number of carboxylic acids is 1. The van der Waals surface area contributed by atoms with E-state index in [-0.39, 0.29) is 52.2 Å². The summed E-state index contributed by atoms with van der Waals surface area (Å²) in [4.78, 5) is 10.3. The minimum atomic E-state index is -1.11. The van der Waals surface area contributed by atoms with Gasteiger partial charge in [-0.1, -0.05) is 12.1 Å². The van der Waals surface area contributed by atoms with Crippen molar-refractivity contribution < 1.29 is 55.8 Å². The Labute approximate surface area is 96.6 Å². The molecule has 0 saturated heterocycles. The summed E-state index contributed by atoms with van der Waals surface area (Å²) >= 11 is 0. The monoisotopic (exact) mass is 280 g/mol. The van der Waals surface area contributed by atoms with E-state index in [1.54, 1.807) is 12.1 Å². The summed E-state index contributed by atoms with van der Waals surface area (Å²) < 4.78 is 0. The van der Waals surface area contributed by atoms with Crippen molar-refractivity contribution in [3.63, 3.8) is 0 Å². The van der Waals surface area contributed by atoms with Gasteiger partial charge in [-0.25, -0.2) is 4.79 Å². The van der Waals surface area contributed by atoms with Crippen LogP contribution in [-0.4, -0.2) is 16.2 Å². The van der Waals surface area contributed by atoms with E-state index in [0.717, 1.165) is 0 Å². The van der Waals surface area contributed by atoms with Crippen molar-refractivity contribution in [1.29, 1.82) is 0 Å². The molecule has 11 heavy (non-hydrogen) atoms. The SMILES string of the molecule is O=C(O)c1ccccc1O.[Nd]. The maximum absolute atomic E-state index is 10.3. The molecule has 0 unspecified atom stereocenters. The Balaban J connectivity index is 0.000001000. The van der Waals surface area contributed by atoms with Gasteiger partial charge in [0.05, 0.1) is 0 Å². The number of phenols is 1. The molecule has 4 heteroatoms. The molecule has 0 atom stereocenters. The van der Waals surface area contributed by atoms with E-state index >= 15 is 0 Å². The predicted octanol–water partition coefficient (Wildman–Crippen LogP) is 1.09. The number of aromatic carboxylic acids is 1. The third-order valence-corrected chi connectivity index (χ3v) is 1.13. The smallest absolute Gasteiger partial charge is 0.339 e. The van der Waals surface area contributed by atoms with Gasteiger partial charge in [-0.05, 0) is 12.1 Å². The number of hydrogen-bond acceptors (Lipinski definition) is 2. The standard InChI is InChI=1S/C7H6O3.Nd/c8-6-4-2-1-3-5(6)7(9)10;/h1-4,8H,(H,9,10);. The van der Waals surface area contributed by atoms with E-state index in [9.17, 15) is 4.79 Å². The number of rotatable bonds is 1. The Kier molecular flexibility index (Phi) is 4.60. The largest absolute Gasteiger partial charge is 0.507 e. The maximum atomic E-state index is 10.3. The first-order valence-electron chi connectivity index (χ1n) is 2.73. The first kappa shape index (κ1) is 10.8. The van der Waals surface area contributed by atoms with Gasteiger partial charge >= 0.3 is 5.97 Å². The molecule has 1 aromatic rings. The molecule has 0 amide bonds. The molecule has 1 aromatic carbocycles. The van der Waals surface area contributed by atoms with Gasteiger partial charge in [0, 0.05) is 40.8 Å². The van der Waals surface area contributed by atoms with Crippen LogP contribution in [-0.2, 0) is 0 Å². The number of para-hydroxylation sites is 1. The molecule has 1 rings (SSSR count). The predicted molar refractivity (Wildman–Crippen MR) is 35.1 cm³/mol. The van der Waals surface area contributed by atoms with E-state index in [4.69, 9.17) is 10.2 Å². The van der Waals surface area contributed by atoms with Crippen molar-refractivity contribution in [2.75, 3.05) is 0 Å². The van der Waals surface area contributed by atoms with Crippen molar-refractivity contribution in [1.82, 2.24) is 0 Å².